The van der Waals surface area contributed by atoms with Gasteiger partial charge in [-0.15, -0.1) is 11.3 Å². The fourth-order valence-corrected chi connectivity index (χ4v) is 3.64. The lowest BCUT2D eigenvalue weighted by Gasteiger charge is -2.20. The molecule has 0 fully saturated rings. The van der Waals surface area contributed by atoms with Crippen molar-refractivity contribution in [2.45, 2.75) is 25.9 Å². The minimum atomic E-state index is -0.847. The van der Waals surface area contributed by atoms with Crippen molar-refractivity contribution in [3.8, 4) is 0 Å². The zero-order valence-electron chi connectivity index (χ0n) is 10.9. The third-order valence-electron chi connectivity index (χ3n) is 3.09. The molecule has 1 nitrogen and oxygen atoms in total. The van der Waals surface area contributed by atoms with E-state index in [1.165, 1.54) is 17.4 Å². The summed E-state index contributed by atoms with van der Waals surface area (Å²) >= 11 is 13.3. The van der Waals surface area contributed by atoms with Gasteiger partial charge in [-0.2, -0.15) is 0 Å². The van der Waals surface area contributed by atoms with E-state index in [9.17, 15) is 8.78 Å². The maximum Gasteiger partial charge on any atom is 0.159 e. The third kappa shape index (κ3) is 3.50. The molecule has 20 heavy (non-hydrogen) atoms. The zero-order valence-corrected chi connectivity index (χ0v) is 13.2. The van der Waals surface area contributed by atoms with Crippen molar-refractivity contribution in [1.82, 2.24) is 5.32 Å². The third-order valence-corrected chi connectivity index (χ3v) is 4.61. The first-order valence-electron chi connectivity index (χ1n) is 6.04. The van der Waals surface area contributed by atoms with Gasteiger partial charge < -0.3 is 5.32 Å². The summed E-state index contributed by atoms with van der Waals surface area (Å²) in [6.45, 7) is 3.83. The molecule has 0 spiro atoms. The Bertz CT molecular complexity index is 615. The number of thiophene rings is 1. The van der Waals surface area contributed by atoms with E-state index in [0.29, 0.717) is 14.2 Å². The van der Waals surface area contributed by atoms with Crippen molar-refractivity contribution in [3.63, 3.8) is 0 Å². The van der Waals surface area contributed by atoms with Crippen LogP contribution in [0.15, 0.2) is 24.3 Å². The Morgan fingerprint density at radius 3 is 2.30 bits per heavy atom. The van der Waals surface area contributed by atoms with Crippen molar-refractivity contribution in [2.75, 3.05) is 0 Å². The lowest BCUT2D eigenvalue weighted by atomic mass is 10.1. The Labute approximate surface area is 130 Å². The van der Waals surface area contributed by atoms with Gasteiger partial charge in [0.1, 0.15) is 0 Å². The van der Waals surface area contributed by atoms with E-state index in [1.807, 2.05) is 19.9 Å². The molecule has 6 heteroatoms. The molecule has 1 N–H and O–H groups in total. The summed E-state index contributed by atoms with van der Waals surface area (Å²) in [4.78, 5) is 0. The Morgan fingerprint density at radius 1 is 1.05 bits per heavy atom. The van der Waals surface area contributed by atoms with E-state index in [2.05, 4.69) is 5.32 Å². The average Bonchev–Trinajstić information content (AvgIpc) is 2.71. The number of hydrogen-bond donors (Lipinski definition) is 1. The molecule has 2 aromatic rings. The highest BCUT2D eigenvalue weighted by molar-refractivity contribution is 7.20. The molecule has 0 bridgehead atoms. The summed E-state index contributed by atoms with van der Waals surface area (Å²) in [7, 11) is 0. The molecule has 2 atom stereocenters. The van der Waals surface area contributed by atoms with Crippen molar-refractivity contribution >= 4 is 34.5 Å². The molecule has 0 aliphatic carbocycles. The summed E-state index contributed by atoms with van der Waals surface area (Å²) < 4.78 is 27.4. The van der Waals surface area contributed by atoms with Crippen LogP contribution >= 0.6 is 34.5 Å². The van der Waals surface area contributed by atoms with Crippen LogP contribution in [0, 0.1) is 11.6 Å². The molecule has 108 valence electrons. The van der Waals surface area contributed by atoms with Crippen LogP contribution in [-0.4, -0.2) is 0 Å². The highest BCUT2D eigenvalue weighted by Crippen LogP contribution is 2.35. The summed E-state index contributed by atoms with van der Waals surface area (Å²) in [5.74, 6) is -1.69. The molecule has 0 radical (unpaired) electrons. The molecule has 1 heterocycles. The van der Waals surface area contributed by atoms with E-state index < -0.39 is 11.6 Å². The van der Waals surface area contributed by atoms with Gasteiger partial charge in [0.15, 0.2) is 11.6 Å². The smallest absolute Gasteiger partial charge is 0.159 e. The Kier molecular flexibility index (Phi) is 5.02. The van der Waals surface area contributed by atoms with Crippen molar-refractivity contribution < 1.29 is 8.78 Å². The number of benzene rings is 1. The Hall–Kier alpha value is -0.680. The first kappa shape index (κ1) is 15.7. The monoisotopic (exact) mass is 335 g/mol. The van der Waals surface area contributed by atoms with E-state index in [1.54, 1.807) is 6.07 Å². The number of nitrogens with one attached hydrogen (secondary N) is 1. The van der Waals surface area contributed by atoms with E-state index >= 15 is 0 Å². The number of hydrogen-bond acceptors (Lipinski definition) is 2. The van der Waals surface area contributed by atoms with Crippen LogP contribution in [0.4, 0.5) is 8.78 Å². The van der Waals surface area contributed by atoms with Crippen molar-refractivity contribution in [3.05, 3.63) is 55.7 Å². The summed E-state index contributed by atoms with van der Waals surface area (Å²) in [5, 5.41) is 3.29. The molecule has 0 saturated heterocycles. The second-order valence-corrected chi connectivity index (χ2v) is 6.85. The number of rotatable bonds is 4. The molecular weight excluding hydrogens is 323 g/mol. The maximum atomic E-state index is 13.2. The SMILES string of the molecule is CC(NC(C)c1cc(Cl)sc1Cl)c1ccc(F)c(F)c1. The summed E-state index contributed by atoms with van der Waals surface area (Å²) in [6, 6.07) is 5.50. The molecule has 0 aliphatic rings. The molecule has 2 unspecified atom stereocenters. The standard InChI is InChI=1S/C14H13Cl2F2NS/c1-7(9-3-4-11(17)12(18)5-9)19-8(2)10-6-13(15)20-14(10)16/h3-8,19H,1-2H3. The predicted octanol–water partition coefficient (Wildman–Crippen LogP) is 5.74. The van der Waals surface area contributed by atoms with Gasteiger partial charge in [0.25, 0.3) is 0 Å². The zero-order chi connectivity index (χ0) is 14.9. The maximum absolute atomic E-state index is 13.2. The van der Waals surface area contributed by atoms with Crippen LogP contribution < -0.4 is 5.32 Å². The average molecular weight is 336 g/mol. The van der Waals surface area contributed by atoms with Gasteiger partial charge in [-0.1, -0.05) is 29.3 Å². The summed E-state index contributed by atoms with van der Waals surface area (Å²) in [6.07, 6.45) is 0. The normalized spacial score (nSPS) is 14.3. The Morgan fingerprint density at radius 2 is 1.75 bits per heavy atom. The van der Waals surface area contributed by atoms with E-state index in [0.717, 1.165) is 11.6 Å². The predicted molar refractivity (Wildman–Crippen MR) is 80.7 cm³/mol. The van der Waals surface area contributed by atoms with Crippen molar-refractivity contribution in [2.24, 2.45) is 0 Å². The van der Waals surface area contributed by atoms with Gasteiger partial charge in [0.2, 0.25) is 0 Å². The molecule has 1 aromatic carbocycles. The van der Waals surface area contributed by atoms with Crippen molar-refractivity contribution in [1.29, 1.82) is 0 Å². The van der Waals surface area contributed by atoms with Gasteiger partial charge >= 0.3 is 0 Å². The number of halogens is 4. The lowest BCUT2D eigenvalue weighted by Crippen LogP contribution is -2.22. The molecule has 1 aromatic heterocycles. The quantitative estimate of drug-likeness (QED) is 0.750. The first-order chi connectivity index (χ1) is 9.38. The second-order valence-electron chi connectivity index (χ2n) is 4.56. The van der Waals surface area contributed by atoms with Gasteiger partial charge in [0, 0.05) is 12.1 Å². The molecular formula is C14H13Cl2F2NS. The fourth-order valence-electron chi connectivity index (χ4n) is 1.99. The first-order valence-corrected chi connectivity index (χ1v) is 7.61. The Balaban J connectivity index is 2.12. The molecule has 0 aliphatic heterocycles. The minimum Gasteiger partial charge on any atom is -0.304 e. The van der Waals surface area contributed by atoms with E-state index in [4.69, 9.17) is 23.2 Å². The van der Waals surface area contributed by atoms with Crippen LogP contribution in [0.2, 0.25) is 8.67 Å². The molecule has 0 saturated carbocycles. The van der Waals surface area contributed by atoms with Crippen LogP contribution in [-0.2, 0) is 0 Å². The second kappa shape index (κ2) is 6.39. The van der Waals surface area contributed by atoms with E-state index in [-0.39, 0.29) is 12.1 Å². The largest absolute Gasteiger partial charge is 0.304 e. The topological polar surface area (TPSA) is 12.0 Å². The minimum absolute atomic E-state index is 0.0469. The highest BCUT2D eigenvalue weighted by Gasteiger charge is 2.17. The summed E-state index contributed by atoms with van der Waals surface area (Å²) in [5.41, 5.74) is 1.57. The van der Waals surface area contributed by atoms with Gasteiger partial charge in [0.05, 0.1) is 8.67 Å². The van der Waals surface area contributed by atoms with Crippen LogP contribution in [0.1, 0.15) is 37.1 Å². The lowest BCUT2D eigenvalue weighted by molar-refractivity contribution is 0.480. The van der Waals surface area contributed by atoms with Crippen LogP contribution in [0.25, 0.3) is 0 Å². The molecule has 2 rings (SSSR count). The highest BCUT2D eigenvalue weighted by atomic mass is 35.5. The van der Waals surface area contributed by atoms with Gasteiger partial charge in [-0.3, -0.25) is 0 Å². The molecule has 0 amide bonds. The van der Waals surface area contributed by atoms with Crippen LogP contribution in [0.3, 0.4) is 0 Å². The van der Waals surface area contributed by atoms with Gasteiger partial charge in [-0.25, -0.2) is 8.78 Å². The fraction of sp³-hybridized carbons (Fsp3) is 0.286. The van der Waals surface area contributed by atoms with Crippen LogP contribution in [0.5, 0.6) is 0 Å². The van der Waals surface area contributed by atoms with Gasteiger partial charge in [-0.05, 0) is 43.2 Å².